The van der Waals surface area contributed by atoms with Gasteiger partial charge in [-0.25, -0.2) is 9.97 Å². The summed E-state index contributed by atoms with van der Waals surface area (Å²) < 4.78 is 1.05. The first-order valence-corrected chi connectivity index (χ1v) is 6.32. The molecule has 0 aliphatic carbocycles. The van der Waals surface area contributed by atoms with Crippen molar-refractivity contribution in [1.29, 1.82) is 0 Å². The Balaban J connectivity index is 1.92. The van der Waals surface area contributed by atoms with E-state index in [1.807, 2.05) is 24.3 Å². The van der Waals surface area contributed by atoms with Gasteiger partial charge in [0.15, 0.2) is 0 Å². The van der Waals surface area contributed by atoms with E-state index in [4.69, 9.17) is 11.6 Å². The largest absolute Gasteiger partial charge is 0.307 e. The van der Waals surface area contributed by atoms with Crippen molar-refractivity contribution in [2.24, 2.45) is 0 Å². The fourth-order valence-electron chi connectivity index (χ4n) is 1.43. The van der Waals surface area contributed by atoms with Gasteiger partial charge in [-0.2, -0.15) is 0 Å². The number of rotatable bonds is 4. The lowest BCUT2D eigenvalue weighted by Crippen LogP contribution is -2.14. The summed E-state index contributed by atoms with van der Waals surface area (Å²) >= 11 is 9.44. The van der Waals surface area contributed by atoms with Crippen LogP contribution in [0.3, 0.4) is 0 Å². The maximum absolute atomic E-state index is 5.94. The Labute approximate surface area is 113 Å². The van der Waals surface area contributed by atoms with E-state index in [9.17, 15) is 0 Å². The maximum Gasteiger partial charge on any atom is 0.115 e. The molecule has 0 saturated heterocycles. The average Bonchev–Trinajstić information content (AvgIpc) is 2.35. The summed E-state index contributed by atoms with van der Waals surface area (Å²) in [5.41, 5.74) is 2.10. The van der Waals surface area contributed by atoms with E-state index in [1.54, 1.807) is 12.5 Å². The van der Waals surface area contributed by atoms with Crippen LogP contribution in [0.5, 0.6) is 0 Å². The van der Waals surface area contributed by atoms with Gasteiger partial charge >= 0.3 is 0 Å². The summed E-state index contributed by atoms with van der Waals surface area (Å²) in [6, 6.07) is 7.64. The predicted molar refractivity (Wildman–Crippen MR) is 71.7 cm³/mol. The number of nitrogens with one attached hydrogen (secondary N) is 1. The summed E-state index contributed by atoms with van der Waals surface area (Å²) in [6.45, 7) is 1.45. The lowest BCUT2D eigenvalue weighted by atomic mass is 10.2. The highest BCUT2D eigenvalue weighted by atomic mass is 79.9. The second kappa shape index (κ2) is 6.10. The molecule has 2 aromatic rings. The van der Waals surface area contributed by atoms with Gasteiger partial charge in [-0.05, 0) is 29.8 Å². The van der Waals surface area contributed by atoms with Crippen LogP contribution in [0.2, 0.25) is 5.02 Å². The van der Waals surface area contributed by atoms with Gasteiger partial charge in [0.25, 0.3) is 0 Å². The van der Waals surface area contributed by atoms with E-state index in [0.29, 0.717) is 6.54 Å². The molecule has 0 spiro atoms. The molecule has 1 N–H and O–H groups in total. The predicted octanol–water partition coefficient (Wildman–Crippen LogP) is 3.18. The molecule has 0 amide bonds. The van der Waals surface area contributed by atoms with Crippen molar-refractivity contribution in [2.45, 2.75) is 13.1 Å². The van der Waals surface area contributed by atoms with Gasteiger partial charge in [-0.1, -0.05) is 27.5 Å². The molecule has 3 nitrogen and oxygen atoms in total. The van der Waals surface area contributed by atoms with Crippen molar-refractivity contribution in [1.82, 2.24) is 15.3 Å². The zero-order valence-electron chi connectivity index (χ0n) is 9.03. The number of hydrogen-bond acceptors (Lipinski definition) is 3. The highest BCUT2D eigenvalue weighted by molar-refractivity contribution is 9.10. The minimum atomic E-state index is 0.710. The van der Waals surface area contributed by atoms with Crippen molar-refractivity contribution in [3.05, 3.63) is 57.5 Å². The van der Waals surface area contributed by atoms with Crippen LogP contribution in [0.25, 0.3) is 0 Å². The summed E-state index contributed by atoms with van der Waals surface area (Å²) in [7, 11) is 0. The number of halogens is 2. The monoisotopic (exact) mass is 311 g/mol. The van der Waals surface area contributed by atoms with Gasteiger partial charge in [0.1, 0.15) is 6.33 Å². The Kier molecular flexibility index (Phi) is 4.48. The zero-order chi connectivity index (χ0) is 12.1. The molecule has 0 saturated carbocycles. The van der Waals surface area contributed by atoms with E-state index >= 15 is 0 Å². The lowest BCUT2D eigenvalue weighted by Gasteiger charge is -2.07. The Bertz CT molecular complexity index is 490. The Morgan fingerprint density at radius 3 is 2.88 bits per heavy atom. The summed E-state index contributed by atoms with van der Waals surface area (Å²) in [5, 5.41) is 4.05. The third-order valence-corrected chi connectivity index (χ3v) is 3.28. The first kappa shape index (κ1) is 12.5. The van der Waals surface area contributed by atoms with Crippen molar-refractivity contribution in [2.75, 3.05) is 0 Å². The topological polar surface area (TPSA) is 37.8 Å². The summed E-state index contributed by atoms with van der Waals surface area (Å²) in [6.07, 6.45) is 3.28. The molecule has 88 valence electrons. The molecular weight excluding hydrogens is 302 g/mol. The molecule has 17 heavy (non-hydrogen) atoms. The Morgan fingerprint density at radius 1 is 1.24 bits per heavy atom. The molecule has 0 aliphatic rings. The highest BCUT2D eigenvalue weighted by Gasteiger charge is 2.01. The molecule has 0 unspecified atom stereocenters. The van der Waals surface area contributed by atoms with Crippen LogP contribution in [0, 0.1) is 0 Å². The lowest BCUT2D eigenvalue weighted by molar-refractivity contribution is 0.676. The zero-order valence-corrected chi connectivity index (χ0v) is 11.4. The molecule has 1 aromatic carbocycles. The number of benzene rings is 1. The first-order chi connectivity index (χ1) is 8.25. The minimum absolute atomic E-state index is 0.710. The van der Waals surface area contributed by atoms with E-state index in [-0.39, 0.29) is 0 Å². The number of nitrogens with zero attached hydrogens (tertiary/aromatic N) is 2. The fourth-order valence-corrected chi connectivity index (χ4v) is 2.01. The molecule has 0 aliphatic heterocycles. The van der Waals surface area contributed by atoms with Crippen LogP contribution in [0.1, 0.15) is 11.3 Å². The van der Waals surface area contributed by atoms with E-state index in [1.165, 1.54) is 0 Å². The van der Waals surface area contributed by atoms with Gasteiger partial charge in [0.05, 0.1) is 5.69 Å². The van der Waals surface area contributed by atoms with Crippen LogP contribution in [0.15, 0.2) is 41.3 Å². The molecule has 2 rings (SSSR count). The molecule has 0 radical (unpaired) electrons. The van der Waals surface area contributed by atoms with Gasteiger partial charge in [-0.15, -0.1) is 0 Å². The van der Waals surface area contributed by atoms with E-state index in [0.717, 1.165) is 27.3 Å². The van der Waals surface area contributed by atoms with E-state index < -0.39 is 0 Å². The molecule has 1 heterocycles. The molecule has 0 atom stereocenters. The smallest absolute Gasteiger partial charge is 0.115 e. The van der Waals surface area contributed by atoms with Crippen molar-refractivity contribution < 1.29 is 0 Å². The van der Waals surface area contributed by atoms with Gasteiger partial charge in [0, 0.05) is 28.8 Å². The van der Waals surface area contributed by atoms with Crippen LogP contribution < -0.4 is 5.32 Å². The van der Waals surface area contributed by atoms with Gasteiger partial charge in [0.2, 0.25) is 0 Å². The minimum Gasteiger partial charge on any atom is -0.307 e. The van der Waals surface area contributed by atoms with E-state index in [2.05, 4.69) is 31.2 Å². The van der Waals surface area contributed by atoms with Crippen LogP contribution in [-0.2, 0) is 13.1 Å². The second-order valence-corrected chi connectivity index (χ2v) is 4.83. The third-order valence-electron chi connectivity index (χ3n) is 2.27. The quantitative estimate of drug-likeness (QED) is 0.942. The van der Waals surface area contributed by atoms with Crippen molar-refractivity contribution in [3.63, 3.8) is 0 Å². The SMILES string of the molecule is Clc1ccc(Br)c(CNCc2ccncn2)c1. The Hall–Kier alpha value is -0.970. The molecular formula is C12H11BrClN3. The third kappa shape index (κ3) is 3.77. The normalized spacial score (nSPS) is 10.5. The van der Waals surface area contributed by atoms with Crippen molar-refractivity contribution in [3.8, 4) is 0 Å². The number of hydrogen-bond donors (Lipinski definition) is 1. The average molecular weight is 313 g/mol. The van der Waals surface area contributed by atoms with Crippen LogP contribution in [0.4, 0.5) is 0 Å². The summed E-state index contributed by atoms with van der Waals surface area (Å²) in [4.78, 5) is 8.01. The van der Waals surface area contributed by atoms with Crippen LogP contribution in [-0.4, -0.2) is 9.97 Å². The van der Waals surface area contributed by atoms with Gasteiger partial charge < -0.3 is 5.32 Å². The Morgan fingerprint density at radius 2 is 2.12 bits per heavy atom. The molecule has 5 heteroatoms. The maximum atomic E-state index is 5.94. The highest BCUT2D eigenvalue weighted by Crippen LogP contribution is 2.20. The van der Waals surface area contributed by atoms with Gasteiger partial charge in [-0.3, -0.25) is 0 Å². The fraction of sp³-hybridized carbons (Fsp3) is 0.167. The summed E-state index contributed by atoms with van der Waals surface area (Å²) in [5.74, 6) is 0. The second-order valence-electron chi connectivity index (χ2n) is 3.54. The molecule has 0 bridgehead atoms. The standard InChI is InChI=1S/C12H11BrClN3/c13-12-2-1-10(14)5-9(12)6-16-7-11-3-4-15-8-17-11/h1-5,8,16H,6-7H2. The van der Waals surface area contributed by atoms with Crippen molar-refractivity contribution >= 4 is 27.5 Å². The molecule has 1 aromatic heterocycles. The first-order valence-electron chi connectivity index (χ1n) is 5.15. The molecule has 0 fully saturated rings. The van der Waals surface area contributed by atoms with Crippen LogP contribution >= 0.6 is 27.5 Å². The number of aromatic nitrogens is 2.